The number of rotatable bonds is 15. The van der Waals surface area contributed by atoms with Crippen LogP contribution in [0.5, 0.6) is 17.2 Å². The van der Waals surface area contributed by atoms with Crippen molar-refractivity contribution in [1.29, 1.82) is 0 Å². The lowest BCUT2D eigenvalue weighted by Crippen LogP contribution is -2.22. The standard InChI is InChI=1S/C26H34BrNO5/c1-4-5-6-7-8-9-10-26(30)28-17-20-15-24(32-3)25(16-22(20)27)33-18-23(29)19-11-13-21(31-2)14-12-19/h11-16H,4-10,17-18H2,1-3H3,(H,28,30). The molecule has 2 aromatic carbocycles. The molecule has 0 aromatic heterocycles. The van der Waals surface area contributed by atoms with E-state index in [1.165, 1.54) is 25.7 Å². The van der Waals surface area contributed by atoms with E-state index in [1.807, 2.05) is 6.07 Å². The van der Waals surface area contributed by atoms with E-state index in [-0.39, 0.29) is 18.3 Å². The number of carbonyl (C=O) groups is 2. The van der Waals surface area contributed by atoms with E-state index in [4.69, 9.17) is 14.2 Å². The van der Waals surface area contributed by atoms with E-state index in [9.17, 15) is 9.59 Å². The molecule has 0 heterocycles. The first-order chi connectivity index (χ1) is 16.0. The number of halogens is 1. The zero-order chi connectivity index (χ0) is 24.1. The number of hydrogen-bond donors (Lipinski definition) is 1. The SMILES string of the molecule is CCCCCCCCC(=O)NCc1cc(OC)c(OCC(=O)c2ccc(OC)cc2)cc1Br. The van der Waals surface area contributed by atoms with Crippen molar-refractivity contribution in [2.45, 2.75) is 58.4 Å². The lowest BCUT2D eigenvalue weighted by molar-refractivity contribution is -0.121. The molecule has 0 radical (unpaired) electrons. The Balaban J connectivity index is 1.87. The zero-order valence-electron chi connectivity index (χ0n) is 19.7. The minimum absolute atomic E-state index is 0.0433. The Morgan fingerprint density at radius 3 is 2.27 bits per heavy atom. The van der Waals surface area contributed by atoms with Crippen LogP contribution in [0, 0.1) is 0 Å². The lowest BCUT2D eigenvalue weighted by Gasteiger charge is -2.14. The fourth-order valence-electron chi connectivity index (χ4n) is 3.34. The van der Waals surface area contributed by atoms with Crippen LogP contribution < -0.4 is 19.5 Å². The molecule has 0 unspecified atom stereocenters. The number of amides is 1. The number of methoxy groups -OCH3 is 2. The van der Waals surface area contributed by atoms with Crippen LogP contribution in [0.4, 0.5) is 0 Å². The molecule has 0 atom stereocenters. The minimum Gasteiger partial charge on any atom is -0.497 e. The van der Waals surface area contributed by atoms with Gasteiger partial charge in [-0.25, -0.2) is 0 Å². The van der Waals surface area contributed by atoms with Crippen molar-refractivity contribution >= 4 is 27.6 Å². The molecule has 1 amide bonds. The fourth-order valence-corrected chi connectivity index (χ4v) is 3.80. The second-order valence-electron chi connectivity index (χ2n) is 7.83. The molecule has 0 fully saturated rings. The van der Waals surface area contributed by atoms with Crippen LogP contribution in [0.3, 0.4) is 0 Å². The van der Waals surface area contributed by atoms with Gasteiger partial charge < -0.3 is 19.5 Å². The normalized spacial score (nSPS) is 10.5. The molecule has 33 heavy (non-hydrogen) atoms. The van der Waals surface area contributed by atoms with Gasteiger partial charge in [0.1, 0.15) is 5.75 Å². The van der Waals surface area contributed by atoms with Gasteiger partial charge in [-0.2, -0.15) is 0 Å². The van der Waals surface area contributed by atoms with Gasteiger partial charge in [0.05, 0.1) is 14.2 Å². The van der Waals surface area contributed by atoms with E-state index in [1.54, 1.807) is 44.6 Å². The van der Waals surface area contributed by atoms with Crippen molar-refractivity contribution in [2.75, 3.05) is 20.8 Å². The molecule has 7 heteroatoms. The van der Waals surface area contributed by atoms with Gasteiger partial charge in [-0.05, 0) is 48.4 Å². The molecule has 180 valence electrons. The predicted octanol–water partition coefficient (Wildman–Crippen LogP) is 6.09. The largest absolute Gasteiger partial charge is 0.497 e. The fraction of sp³-hybridized carbons (Fsp3) is 0.462. The van der Waals surface area contributed by atoms with E-state index < -0.39 is 0 Å². The third kappa shape index (κ3) is 9.08. The summed E-state index contributed by atoms with van der Waals surface area (Å²) in [5, 5.41) is 2.96. The first-order valence-electron chi connectivity index (χ1n) is 11.4. The molecule has 0 saturated carbocycles. The molecule has 0 aliphatic rings. The van der Waals surface area contributed by atoms with Crippen molar-refractivity contribution in [3.05, 3.63) is 52.0 Å². The van der Waals surface area contributed by atoms with Crippen molar-refractivity contribution in [3.8, 4) is 17.2 Å². The molecule has 2 aromatic rings. The maximum atomic E-state index is 12.4. The molecule has 0 saturated heterocycles. The highest BCUT2D eigenvalue weighted by molar-refractivity contribution is 9.10. The average Bonchev–Trinajstić information content (AvgIpc) is 2.84. The Kier molecular flexibility index (Phi) is 11.8. The van der Waals surface area contributed by atoms with E-state index in [0.717, 1.165) is 22.9 Å². The Bertz CT molecular complexity index is 898. The van der Waals surface area contributed by atoms with Gasteiger partial charge >= 0.3 is 0 Å². The summed E-state index contributed by atoms with van der Waals surface area (Å²) in [4.78, 5) is 24.6. The van der Waals surface area contributed by atoms with E-state index >= 15 is 0 Å². The van der Waals surface area contributed by atoms with Gasteiger partial charge in [0.25, 0.3) is 0 Å². The number of ether oxygens (including phenoxy) is 3. The lowest BCUT2D eigenvalue weighted by atomic mass is 10.1. The van der Waals surface area contributed by atoms with Crippen molar-refractivity contribution in [3.63, 3.8) is 0 Å². The number of hydrogen-bond acceptors (Lipinski definition) is 5. The average molecular weight is 520 g/mol. The molecule has 1 N–H and O–H groups in total. The summed E-state index contributed by atoms with van der Waals surface area (Å²) in [5.41, 5.74) is 1.41. The predicted molar refractivity (Wildman–Crippen MR) is 133 cm³/mol. The highest BCUT2D eigenvalue weighted by atomic mass is 79.9. The number of Topliss-reactive ketones (excluding diaryl/α,β-unsaturated/α-hetero) is 1. The number of unbranched alkanes of at least 4 members (excludes halogenated alkanes) is 5. The van der Waals surface area contributed by atoms with Crippen molar-refractivity contribution in [1.82, 2.24) is 5.32 Å². The van der Waals surface area contributed by atoms with Crippen LogP contribution in [0.15, 0.2) is 40.9 Å². The van der Waals surface area contributed by atoms with E-state index in [0.29, 0.717) is 35.8 Å². The molecule has 6 nitrogen and oxygen atoms in total. The smallest absolute Gasteiger partial charge is 0.220 e. The third-order valence-corrected chi connectivity index (χ3v) is 6.08. The maximum absolute atomic E-state index is 12.4. The number of benzene rings is 2. The summed E-state index contributed by atoms with van der Waals surface area (Å²) in [6.07, 6.45) is 7.45. The first kappa shape index (κ1) is 26.7. The number of ketones is 1. The Hall–Kier alpha value is -2.54. The number of carbonyl (C=O) groups excluding carboxylic acids is 2. The first-order valence-corrected chi connectivity index (χ1v) is 12.2. The highest BCUT2D eigenvalue weighted by Gasteiger charge is 2.14. The van der Waals surface area contributed by atoms with Gasteiger partial charge in [-0.3, -0.25) is 9.59 Å². The van der Waals surface area contributed by atoms with Gasteiger partial charge in [-0.15, -0.1) is 0 Å². The summed E-state index contributed by atoms with van der Waals surface area (Å²) in [5.74, 6) is 1.53. The molecule has 0 aliphatic heterocycles. The molecule has 0 aliphatic carbocycles. The van der Waals surface area contributed by atoms with Gasteiger partial charge in [0.2, 0.25) is 5.91 Å². The van der Waals surface area contributed by atoms with Crippen molar-refractivity contribution < 1.29 is 23.8 Å². The molecule has 0 spiro atoms. The topological polar surface area (TPSA) is 73.9 Å². The van der Waals surface area contributed by atoms with Crippen LogP contribution in [0.2, 0.25) is 0 Å². The maximum Gasteiger partial charge on any atom is 0.220 e. The van der Waals surface area contributed by atoms with Crippen molar-refractivity contribution in [2.24, 2.45) is 0 Å². The summed E-state index contributed by atoms with van der Waals surface area (Å²) in [7, 11) is 3.12. The van der Waals surface area contributed by atoms with Crippen LogP contribution >= 0.6 is 15.9 Å². The van der Waals surface area contributed by atoms with Crippen LogP contribution in [-0.4, -0.2) is 32.5 Å². The second kappa shape index (κ2) is 14.6. The van der Waals surface area contributed by atoms with E-state index in [2.05, 4.69) is 28.2 Å². The van der Waals surface area contributed by atoms with Gasteiger partial charge in [-0.1, -0.05) is 55.0 Å². The summed E-state index contributed by atoms with van der Waals surface area (Å²) in [6.45, 7) is 2.46. The second-order valence-corrected chi connectivity index (χ2v) is 8.68. The Morgan fingerprint density at radius 1 is 0.909 bits per heavy atom. The van der Waals surface area contributed by atoms with Crippen LogP contribution in [0.25, 0.3) is 0 Å². The van der Waals surface area contributed by atoms with Crippen LogP contribution in [-0.2, 0) is 11.3 Å². The summed E-state index contributed by atoms with van der Waals surface area (Å²) in [6, 6.07) is 10.4. The Morgan fingerprint density at radius 2 is 1.61 bits per heavy atom. The highest BCUT2D eigenvalue weighted by Crippen LogP contribution is 2.33. The molecular weight excluding hydrogens is 486 g/mol. The van der Waals surface area contributed by atoms with Gasteiger partial charge in [0.15, 0.2) is 23.9 Å². The molecule has 0 bridgehead atoms. The van der Waals surface area contributed by atoms with Crippen LogP contribution in [0.1, 0.15) is 67.8 Å². The summed E-state index contributed by atoms with van der Waals surface area (Å²) >= 11 is 3.53. The van der Waals surface area contributed by atoms with Gasteiger partial charge in [0, 0.05) is 23.0 Å². The monoisotopic (exact) mass is 519 g/mol. The zero-order valence-corrected chi connectivity index (χ0v) is 21.3. The minimum atomic E-state index is -0.151. The third-order valence-electron chi connectivity index (χ3n) is 5.34. The summed E-state index contributed by atoms with van der Waals surface area (Å²) < 4.78 is 17.1. The quantitative estimate of drug-likeness (QED) is 0.227. The molecule has 2 rings (SSSR count). The number of nitrogens with one attached hydrogen (secondary N) is 1. The Labute approximate surface area is 205 Å². The molecular formula is C26H34BrNO5.